The lowest BCUT2D eigenvalue weighted by atomic mass is 10.0. The molecule has 0 spiro atoms. The highest BCUT2D eigenvalue weighted by molar-refractivity contribution is 5.78. The maximum atomic E-state index is 10.7. The van der Waals surface area contributed by atoms with E-state index in [2.05, 4.69) is 9.97 Å². The van der Waals surface area contributed by atoms with Crippen molar-refractivity contribution in [2.45, 2.75) is 31.2 Å². The summed E-state index contributed by atoms with van der Waals surface area (Å²) in [5, 5.41) is 10.7. The molecule has 106 valence electrons. The van der Waals surface area contributed by atoms with Crippen molar-refractivity contribution in [2.24, 2.45) is 5.73 Å². The molecule has 0 bridgehead atoms. The molecular formula is C13H16N4O3. The lowest BCUT2D eigenvalue weighted by Gasteiger charge is -2.22. The number of imidazole rings is 1. The Hall–Kier alpha value is -2.15. The predicted molar refractivity (Wildman–Crippen MR) is 73.6 cm³/mol. The quantitative estimate of drug-likeness (QED) is 0.657. The Labute approximate surface area is 115 Å². The van der Waals surface area contributed by atoms with E-state index in [1.807, 2.05) is 0 Å². The smallest absolute Gasteiger partial charge is 0.294 e. The van der Waals surface area contributed by atoms with Crippen molar-refractivity contribution in [1.29, 1.82) is 0 Å². The fourth-order valence-electron chi connectivity index (χ4n) is 2.59. The van der Waals surface area contributed by atoms with E-state index in [4.69, 9.17) is 10.5 Å². The van der Waals surface area contributed by atoms with Gasteiger partial charge >= 0.3 is 0 Å². The van der Waals surface area contributed by atoms with Gasteiger partial charge in [-0.2, -0.15) is 4.98 Å². The number of hydrogen-bond donors (Lipinski definition) is 2. The first-order valence-corrected chi connectivity index (χ1v) is 6.62. The molecule has 0 aliphatic heterocycles. The summed E-state index contributed by atoms with van der Waals surface area (Å²) < 4.78 is 5.62. The molecule has 0 unspecified atom stereocenters. The van der Waals surface area contributed by atoms with Crippen molar-refractivity contribution in [1.82, 2.24) is 9.97 Å². The number of fused-ring (bicyclic) bond motifs is 1. The number of hydrogen-bond acceptors (Lipinski definition) is 5. The topological polar surface area (TPSA) is 107 Å². The average molecular weight is 276 g/mol. The van der Waals surface area contributed by atoms with Gasteiger partial charge < -0.3 is 15.5 Å². The maximum Gasteiger partial charge on any atom is 0.294 e. The molecule has 0 amide bonds. The Morgan fingerprint density at radius 2 is 2.20 bits per heavy atom. The standard InChI is InChI=1S/C13H16N4O3/c14-13(5-1-2-6-13)8-20-12-15-10-4-3-9(17(18)19)7-11(10)16-12/h3-4,7H,1-2,5-6,8,14H2,(H,15,16). The first-order chi connectivity index (χ1) is 9.56. The van der Waals surface area contributed by atoms with Crippen LogP contribution in [-0.2, 0) is 0 Å². The van der Waals surface area contributed by atoms with Gasteiger partial charge in [0.25, 0.3) is 11.7 Å². The van der Waals surface area contributed by atoms with Crippen LogP contribution in [0.5, 0.6) is 6.01 Å². The van der Waals surface area contributed by atoms with E-state index < -0.39 is 4.92 Å². The van der Waals surface area contributed by atoms with Gasteiger partial charge in [-0.05, 0) is 18.9 Å². The molecule has 1 saturated carbocycles. The highest BCUT2D eigenvalue weighted by Gasteiger charge is 2.30. The Kier molecular flexibility index (Phi) is 3.06. The Balaban J connectivity index is 1.77. The minimum absolute atomic E-state index is 0.0267. The van der Waals surface area contributed by atoms with Gasteiger partial charge in [0.15, 0.2) is 0 Å². The summed E-state index contributed by atoms with van der Waals surface area (Å²) in [6, 6.07) is 4.83. The second-order valence-corrected chi connectivity index (χ2v) is 5.36. The fourth-order valence-corrected chi connectivity index (χ4v) is 2.59. The molecule has 1 aromatic heterocycles. The summed E-state index contributed by atoms with van der Waals surface area (Å²) in [5.74, 6) is 0. The van der Waals surface area contributed by atoms with Crippen LogP contribution in [0.1, 0.15) is 25.7 Å². The van der Waals surface area contributed by atoms with Gasteiger partial charge in [0.2, 0.25) is 0 Å². The number of benzene rings is 1. The molecule has 20 heavy (non-hydrogen) atoms. The van der Waals surface area contributed by atoms with Gasteiger partial charge in [0, 0.05) is 12.1 Å². The predicted octanol–water partition coefficient (Wildman–Crippen LogP) is 2.12. The molecule has 1 aliphatic rings. The van der Waals surface area contributed by atoms with Crippen LogP contribution in [0, 0.1) is 10.1 Å². The molecule has 1 fully saturated rings. The average Bonchev–Trinajstić information content (AvgIpc) is 3.01. The Bertz CT molecular complexity index is 646. The number of nitro benzene ring substituents is 1. The molecule has 1 aromatic carbocycles. The molecule has 0 radical (unpaired) electrons. The summed E-state index contributed by atoms with van der Waals surface area (Å²) in [5.41, 5.74) is 7.19. The highest BCUT2D eigenvalue weighted by Crippen LogP contribution is 2.28. The van der Waals surface area contributed by atoms with E-state index in [0.29, 0.717) is 23.7 Å². The normalized spacial score (nSPS) is 17.4. The summed E-state index contributed by atoms with van der Waals surface area (Å²) in [4.78, 5) is 17.5. The van der Waals surface area contributed by atoms with Crippen molar-refractivity contribution in [3.8, 4) is 6.01 Å². The van der Waals surface area contributed by atoms with E-state index in [1.165, 1.54) is 12.1 Å². The number of nitro groups is 1. The summed E-state index contributed by atoms with van der Waals surface area (Å²) in [7, 11) is 0. The first-order valence-electron chi connectivity index (χ1n) is 6.62. The minimum atomic E-state index is -0.436. The zero-order valence-corrected chi connectivity index (χ0v) is 11.0. The zero-order valence-electron chi connectivity index (χ0n) is 11.0. The van der Waals surface area contributed by atoms with Crippen LogP contribution in [0.4, 0.5) is 5.69 Å². The number of aromatic amines is 1. The molecule has 2 aromatic rings. The van der Waals surface area contributed by atoms with Crippen LogP contribution in [0.2, 0.25) is 0 Å². The van der Waals surface area contributed by atoms with Crippen molar-refractivity contribution < 1.29 is 9.66 Å². The lowest BCUT2D eigenvalue weighted by molar-refractivity contribution is -0.384. The van der Waals surface area contributed by atoms with Crippen LogP contribution in [0.25, 0.3) is 11.0 Å². The van der Waals surface area contributed by atoms with Crippen molar-refractivity contribution in [3.05, 3.63) is 28.3 Å². The van der Waals surface area contributed by atoms with Crippen molar-refractivity contribution >= 4 is 16.7 Å². The number of nitrogens with one attached hydrogen (secondary N) is 1. The number of aromatic nitrogens is 2. The number of nitrogens with two attached hydrogens (primary N) is 1. The number of rotatable bonds is 4. The van der Waals surface area contributed by atoms with Crippen molar-refractivity contribution in [2.75, 3.05) is 6.61 Å². The third-order valence-electron chi connectivity index (χ3n) is 3.75. The Morgan fingerprint density at radius 3 is 2.90 bits per heavy atom. The monoisotopic (exact) mass is 276 g/mol. The third kappa shape index (κ3) is 2.44. The van der Waals surface area contributed by atoms with Crippen LogP contribution in [-0.4, -0.2) is 27.0 Å². The molecule has 1 aliphatic carbocycles. The van der Waals surface area contributed by atoms with Crippen LogP contribution in [0.15, 0.2) is 18.2 Å². The molecule has 0 atom stereocenters. The summed E-state index contributed by atoms with van der Waals surface area (Å²) in [6.07, 6.45) is 4.18. The number of nitrogens with zero attached hydrogens (tertiary/aromatic N) is 2. The molecule has 7 heteroatoms. The van der Waals surface area contributed by atoms with E-state index in [-0.39, 0.29) is 11.2 Å². The first kappa shape index (κ1) is 12.9. The lowest BCUT2D eigenvalue weighted by Crippen LogP contribution is -2.42. The highest BCUT2D eigenvalue weighted by atomic mass is 16.6. The van der Waals surface area contributed by atoms with E-state index in [1.54, 1.807) is 6.07 Å². The van der Waals surface area contributed by atoms with Gasteiger partial charge in [-0.3, -0.25) is 10.1 Å². The van der Waals surface area contributed by atoms with Gasteiger partial charge in [0.05, 0.1) is 21.5 Å². The van der Waals surface area contributed by atoms with Crippen LogP contribution in [0.3, 0.4) is 0 Å². The van der Waals surface area contributed by atoms with E-state index >= 15 is 0 Å². The summed E-state index contributed by atoms with van der Waals surface area (Å²) in [6.45, 7) is 0.412. The van der Waals surface area contributed by atoms with E-state index in [0.717, 1.165) is 25.7 Å². The van der Waals surface area contributed by atoms with Crippen LogP contribution < -0.4 is 10.5 Å². The maximum absolute atomic E-state index is 10.7. The molecule has 3 N–H and O–H groups in total. The molecule has 3 rings (SSSR count). The second kappa shape index (κ2) is 4.75. The van der Waals surface area contributed by atoms with E-state index in [9.17, 15) is 10.1 Å². The van der Waals surface area contributed by atoms with Gasteiger partial charge in [0.1, 0.15) is 6.61 Å². The molecule has 1 heterocycles. The van der Waals surface area contributed by atoms with Gasteiger partial charge in [-0.15, -0.1) is 0 Å². The zero-order chi connectivity index (χ0) is 14.2. The summed E-state index contributed by atoms with van der Waals surface area (Å²) >= 11 is 0. The van der Waals surface area contributed by atoms with Crippen molar-refractivity contribution in [3.63, 3.8) is 0 Å². The SMILES string of the molecule is NC1(COc2nc3ccc([N+](=O)[O-])cc3[nH]2)CCCC1. The minimum Gasteiger partial charge on any atom is -0.463 e. The fraction of sp³-hybridized carbons (Fsp3) is 0.462. The van der Waals surface area contributed by atoms with Gasteiger partial charge in [-0.1, -0.05) is 12.8 Å². The molecule has 0 saturated heterocycles. The largest absolute Gasteiger partial charge is 0.463 e. The van der Waals surface area contributed by atoms with Gasteiger partial charge in [-0.25, -0.2) is 0 Å². The third-order valence-corrected chi connectivity index (χ3v) is 3.75. The molecular weight excluding hydrogens is 260 g/mol. The Morgan fingerprint density at radius 1 is 1.45 bits per heavy atom. The number of H-pyrrole nitrogens is 1. The second-order valence-electron chi connectivity index (χ2n) is 5.36. The number of non-ortho nitro benzene ring substituents is 1. The van der Waals surface area contributed by atoms with Crippen LogP contribution >= 0.6 is 0 Å². The molecule has 7 nitrogen and oxygen atoms in total. The number of ether oxygens (including phenoxy) is 1.